The number of hydrogen-bond acceptors (Lipinski definition) is 5. The first-order valence-electron chi connectivity index (χ1n) is 8.28. The Morgan fingerprint density at radius 1 is 1.19 bits per heavy atom. The van der Waals surface area contributed by atoms with Gasteiger partial charge in [0.25, 0.3) is 5.91 Å². The highest BCUT2D eigenvalue weighted by Crippen LogP contribution is 2.37. The number of fused-ring (bicyclic) bond motifs is 1. The van der Waals surface area contributed by atoms with E-state index in [-0.39, 0.29) is 30.6 Å². The van der Waals surface area contributed by atoms with Gasteiger partial charge in [0, 0.05) is 37.3 Å². The summed E-state index contributed by atoms with van der Waals surface area (Å²) < 4.78 is 30.2. The molecule has 1 aliphatic heterocycles. The fourth-order valence-electron chi connectivity index (χ4n) is 2.92. The van der Waals surface area contributed by atoms with E-state index >= 15 is 0 Å². The van der Waals surface area contributed by atoms with Crippen molar-refractivity contribution in [3.05, 3.63) is 33.9 Å². The number of carbonyl (C=O) groups is 1. The molecule has 0 bridgehead atoms. The van der Waals surface area contributed by atoms with Crippen molar-refractivity contribution in [1.82, 2.24) is 14.2 Å². The summed E-state index contributed by atoms with van der Waals surface area (Å²) in [6, 6.07) is 5.22. The van der Waals surface area contributed by atoms with Gasteiger partial charge in [-0.2, -0.15) is 4.31 Å². The lowest BCUT2D eigenvalue weighted by Crippen LogP contribution is -2.51. The topological polar surface area (TPSA) is 79.8 Å². The van der Waals surface area contributed by atoms with E-state index in [1.807, 2.05) is 19.1 Å². The maximum absolute atomic E-state index is 12.5. The average Bonchev–Trinajstić information content (AvgIpc) is 2.60. The van der Waals surface area contributed by atoms with Crippen LogP contribution in [-0.2, 0) is 14.8 Å². The molecule has 0 aliphatic carbocycles. The fraction of sp³-hybridized carbons (Fsp3) is 0.412. The predicted molar refractivity (Wildman–Crippen MR) is 105 cm³/mol. The Hall–Kier alpha value is -1.61. The van der Waals surface area contributed by atoms with E-state index in [4.69, 9.17) is 27.9 Å². The maximum Gasteiger partial charge on any atom is 0.260 e. The van der Waals surface area contributed by atoms with Gasteiger partial charge in [-0.25, -0.2) is 13.4 Å². The zero-order chi connectivity index (χ0) is 19.8. The van der Waals surface area contributed by atoms with Crippen LogP contribution in [0.15, 0.2) is 18.2 Å². The number of aromatic nitrogens is 1. The number of sulfonamides is 1. The lowest BCUT2D eigenvalue weighted by Gasteiger charge is -2.33. The Balaban J connectivity index is 1.72. The zero-order valence-electron chi connectivity index (χ0n) is 14.9. The summed E-state index contributed by atoms with van der Waals surface area (Å²) >= 11 is 12.5. The van der Waals surface area contributed by atoms with Gasteiger partial charge in [-0.05, 0) is 25.1 Å². The maximum atomic E-state index is 12.5. The monoisotopic (exact) mass is 431 g/mol. The molecule has 0 radical (unpaired) electrons. The molecule has 27 heavy (non-hydrogen) atoms. The second-order valence-electron chi connectivity index (χ2n) is 6.35. The molecule has 1 aromatic heterocycles. The highest BCUT2D eigenvalue weighted by atomic mass is 35.5. The minimum atomic E-state index is -3.24. The van der Waals surface area contributed by atoms with Crippen molar-refractivity contribution in [3.63, 3.8) is 0 Å². The first-order chi connectivity index (χ1) is 12.7. The van der Waals surface area contributed by atoms with E-state index in [1.165, 1.54) is 4.31 Å². The number of pyridine rings is 1. The molecule has 10 heteroatoms. The van der Waals surface area contributed by atoms with Crippen molar-refractivity contribution in [2.75, 3.05) is 39.0 Å². The molecule has 1 fully saturated rings. The first-order valence-corrected chi connectivity index (χ1v) is 10.9. The molecule has 3 rings (SSSR count). The van der Waals surface area contributed by atoms with Gasteiger partial charge in [-0.1, -0.05) is 23.2 Å². The molecule has 1 saturated heterocycles. The molecular formula is C17H19Cl2N3O4S. The van der Waals surface area contributed by atoms with E-state index in [9.17, 15) is 13.2 Å². The van der Waals surface area contributed by atoms with Crippen LogP contribution in [0, 0.1) is 6.92 Å². The van der Waals surface area contributed by atoms with Gasteiger partial charge in [0.15, 0.2) is 12.4 Å². The summed E-state index contributed by atoms with van der Waals surface area (Å²) in [5.41, 5.74) is 1.27. The highest BCUT2D eigenvalue weighted by molar-refractivity contribution is 7.88. The fourth-order valence-corrected chi connectivity index (χ4v) is 4.32. The zero-order valence-corrected chi connectivity index (χ0v) is 17.2. The summed E-state index contributed by atoms with van der Waals surface area (Å²) in [5.74, 6) is 0.0675. The van der Waals surface area contributed by atoms with Crippen molar-refractivity contribution in [1.29, 1.82) is 0 Å². The largest absolute Gasteiger partial charge is 0.480 e. The molecule has 0 spiro atoms. The quantitative estimate of drug-likeness (QED) is 0.741. The molecule has 0 unspecified atom stereocenters. The van der Waals surface area contributed by atoms with Crippen LogP contribution in [0.25, 0.3) is 10.9 Å². The van der Waals surface area contributed by atoms with Crippen LogP contribution in [0.5, 0.6) is 5.75 Å². The summed E-state index contributed by atoms with van der Waals surface area (Å²) in [7, 11) is -3.24. The van der Waals surface area contributed by atoms with E-state index in [0.29, 0.717) is 34.8 Å². The molecule has 0 atom stereocenters. The summed E-state index contributed by atoms with van der Waals surface area (Å²) in [5, 5.41) is 1.43. The number of benzene rings is 1. The van der Waals surface area contributed by atoms with Crippen molar-refractivity contribution < 1.29 is 17.9 Å². The van der Waals surface area contributed by atoms with Crippen molar-refractivity contribution >= 4 is 50.0 Å². The number of aryl methyl sites for hydroxylation is 1. The van der Waals surface area contributed by atoms with E-state index in [0.717, 1.165) is 11.9 Å². The molecule has 0 N–H and O–H groups in total. The van der Waals surface area contributed by atoms with Crippen molar-refractivity contribution in [2.45, 2.75) is 6.92 Å². The minimum Gasteiger partial charge on any atom is -0.480 e. The third-order valence-electron chi connectivity index (χ3n) is 4.38. The molecule has 2 heterocycles. The Bertz CT molecular complexity index is 989. The van der Waals surface area contributed by atoms with Crippen molar-refractivity contribution in [2.24, 2.45) is 0 Å². The Morgan fingerprint density at radius 2 is 1.85 bits per heavy atom. The van der Waals surface area contributed by atoms with E-state index in [2.05, 4.69) is 4.98 Å². The first kappa shape index (κ1) is 20.1. The Kier molecular flexibility index (Phi) is 5.81. The van der Waals surface area contributed by atoms with Gasteiger partial charge in [0.1, 0.15) is 5.52 Å². The number of amides is 1. The van der Waals surface area contributed by atoms with Crippen LogP contribution in [-0.4, -0.2) is 67.6 Å². The van der Waals surface area contributed by atoms with Crippen LogP contribution in [0.4, 0.5) is 0 Å². The Labute approximate surface area is 167 Å². The third-order valence-corrected chi connectivity index (χ3v) is 6.27. The normalized spacial score (nSPS) is 15.9. The van der Waals surface area contributed by atoms with Gasteiger partial charge in [0.2, 0.25) is 10.0 Å². The van der Waals surface area contributed by atoms with Gasteiger partial charge < -0.3 is 9.64 Å². The predicted octanol–water partition coefficient (Wildman–Crippen LogP) is 2.33. The number of hydrogen-bond donors (Lipinski definition) is 0. The smallest absolute Gasteiger partial charge is 0.260 e. The van der Waals surface area contributed by atoms with Crippen LogP contribution < -0.4 is 4.74 Å². The standard InChI is InChI=1S/C17H19Cl2N3O4S/c1-11-3-4-12-13(18)9-14(19)17(16(12)20-11)26-10-15(23)21-5-7-22(8-6-21)27(2,24)25/h3-4,9H,5-8,10H2,1-2H3. The number of nitrogens with zero attached hydrogens (tertiary/aromatic N) is 3. The summed E-state index contributed by atoms with van der Waals surface area (Å²) in [6.45, 7) is 2.81. The lowest BCUT2D eigenvalue weighted by atomic mass is 10.2. The molecule has 0 saturated carbocycles. The Morgan fingerprint density at radius 3 is 2.48 bits per heavy atom. The summed E-state index contributed by atoms with van der Waals surface area (Å²) in [4.78, 5) is 18.5. The van der Waals surface area contributed by atoms with E-state index in [1.54, 1.807) is 11.0 Å². The second-order valence-corrected chi connectivity index (χ2v) is 9.15. The van der Waals surface area contributed by atoms with Gasteiger partial charge >= 0.3 is 0 Å². The van der Waals surface area contributed by atoms with Crippen LogP contribution in [0.3, 0.4) is 0 Å². The number of halogens is 2. The number of piperazine rings is 1. The molecule has 146 valence electrons. The summed E-state index contributed by atoms with van der Waals surface area (Å²) in [6.07, 6.45) is 1.16. The number of carbonyl (C=O) groups excluding carboxylic acids is 1. The molecule has 1 amide bonds. The number of rotatable bonds is 4. The van der Waals surface area contributed by atoms with Crippen molar-refractivity contribution in [3.8, 4) is 5.75 Å². The molecule has 1 aliphatic rings. The lowest BCUT2D eigenvalue weighted by molar-refractivity contribution is -0.134. The van der Waals surface area contributed by atoms with Crippen LogP contribution in [0.1, 0.15) is 5.69 Å². The third kappa shape index (κ3) is 4.45. The molecule has 1 aromatic carbocycles. The molecule has 7 nitrogen and oxygen atoms in total. The highest BCUT2D eigenvalue weighted by Gasteiger charge is 2.26. The van der Waals surface area contributed by atoms with E-state index < -0.39 is 10.0 Å². The second kappa shape index (κ2) is 7.79. The van der Waals surface area contributed by atoms with Gasteiger partial charge in [-0.15, -0.1) is 0 Å². The van der Waals surface area contributed by atoms with Gasteiger partial charge in [-0.3, -0.25) is 4.79 Å². The average molecular weight is 432 g/mol. The van der Waals surface area contributed by atoms with Crippen LogP contribution in [0.2, 0.25) is 10.0 Å². The SMILES string of the molecule is Cc1ccc2c(Cl)cc(Cl)c(OCC(=O)N3CCN(S(C)(=O)=O)CC3)c2n1. The number of ether oxygens (including phenoxy) is 1. The van der Waals surface area contributed by atoms with Gasteiger partial charge in [0.05, 0.1) is 16.3 Å². The molecule has 2 aromatic rings. The van der Waals surface area contributed by atoms with Crippen LogP contribution >= 0.6 is 23.2 Å². The minimum absolute atomic E-state index is 0.217. The molecular weight excluding hydrogens is 413 g/mol.